The number of carbonyl (C=O) groups is 1. The van der Waals surface area contributed by atoms with Gasteiger partial charge in [-0.15, -0.1) is 6.58 Å². The highest BCUT2D eigenvalue weighted by Gasteiger charge is 2.33. The Balaban J connectivity index is 1.95. The van der Waals surface area contributed by atoms with Crippen LogP contribution in [-0.2, 0) is 4.79 Å². The molecule has 2 aromatic heterocycles. The van der Waals surface area contributed by atoms with Gasteiger partial charge in [0.05, 0.1) is 4.91 Å². The molecule has 0 aromatic carbocycles. The summed E-state index contributed by atoms with van der Waals surface area (Å²) in [6.45, 7) is 7.88. The minimum absolute atomic E-state index is 0.111. The summed E-state index contributed by atoms with van der Waals surface area (Å²) >= 11 is 1.31. The summed E-state index contributed by atoms with van der Waals surface area (Å²) in [5.74, 6) is 1.92. The van der Waals surface area contributed by atoms with Crippen molar-refractivity contribution in [2.45, 2.75) is 13.8 Å². The van der Waals surface area contributed by atoms with Gasteiger partial charge in [-0.2, -0.15) is 0 Å². The first-order chi connectivity index (χ1) is 11.6. The molecule has 0 radical (unpaired) electrons. The average Bonchev–Trinajstić information content (AvgIpc) is 3.07. The van der Waals surface area contributed by atoms with Gasteiger partial charge in [0.1, 0.15) is 11.5 Å². The second kappa shape index (κ2) is 6.88. The first kappa shape index (κ1) is 16.3. The highest BCUT2D eigenvalue weighted by Crippen LogP contribution is 2.34. The lowest BCUT2D eigenvalue weighted by Gasteiger charge is -2.12. The quantitative estimate of drug-likeness (QED) is 0.622. The van der Waals surface area contributed by atoms with Crippen molar-refractivity contribution >= 4 is 34.7 Å². The number of hydrogen-bond acceptors (Lipinski definition) is 5. The number of amides is 1. The number of aliphatic imine (C=N–C) groups is 1. The number of furan rings is 1. The lowest BCUT2D eigenvalue weighted by atomic mass is 10.3. The smallest absolute Gasteiger partial charge is 0.267 e. The largest absolute Gasteiger partial charge is 0.462 e. The predicted octanol–water partition coefficient (Wildman–Crippen LogP) is 4.08. The number of thioether (sulfide) groups is 1. The van der Waals surface area contributed by atoms with Gasteiger partial charge < -0.3 is 4.42 Å². The van der Waals surface area contributed by atoms with Crippen molar-refractivity contribution in [2.75, 3.05) is 6.54 Å². The summed E-state index contributed by atoms with van der Waals surface area (Å²) < 4.78 is 5.53. The topological polar surface area (TPSA) is 58.7 Å². The number of pyridine rings is 1. The SMILES string of the molecule is C=CCN1C(=O)/C(=C\c2ccc(C)o2)S/C1=N/c1cccc(C)n1. The fraction of sp³-hybridized carbons (Fsp3) is 0.167. The summed E-state index contributed by atoms with van der Waals surface area (Å²) in [5.41, 5.74) is 0.878. The van der Waals surface area contributed by atoms with Gasteiger partial charge in [-0.3, -0.25) is 9.69 Å². The van der Waals surface area contributed by atoms with E-state index in [1.807, 2.05) is 44.2 Å². The van der Waals surface area contributed by atoms with Gasteiger partial charge >= 0.3 is 0 Å². The molecule has 0 saturated carbocycles. The molecule has 3 rings (SSSR count). The Labute approximate surface area is 144 Å². The molecule has 1 amide bonds. The Morgan fingerprint density at radius 1 is 1.33 bits per heavy atom. The van der Waals surface area contributed by atoms with E-state index in [1.54, 1.807) is 17.1 Å². The fourth-order valence-electron chi connectivity index (χ4n) is 2.23. The lowest BCUT2D eigenvalue weighted by molar-refractivity contribution is -0.121. The summed E-state index contributed by atoms with van der Waals surface area (Å²) in [7, 11) is 0. The maximum absolute atomic E-state index is 12.6. The highest BCUT2D eigenvalue weighted by molar-refractivity contribution is 8.18. The molecular formula is C18H17N3O2S. The molecule has 5 nitrogen and oxygen atoms in total. The molecular weight excluding hydrogens is 322 g/mol. The van der Waals surface area contributed by atoms with Crippen LogP contribution in [0.2, 0.25) is 0 Å². The van der Waals surface area contributed by atoms with Crippen molar-refractivity contribution in [1.82, 2.24) is 9.88 Å². The number of aryl methyl sites for hydroxylation is 2. The predicted molar refractivity (Wildman–Crippen MR) is 97.0 cm³/mol. The monoisotopic (exact) mass is 339 g/mol. The summed E-state index contributed by atoms with van der Waals surface area (Å²) in [6, 6.07) is 9.32. The molecule has 0 N–H and O–H groups in total. The van der Waals surface area contributed by atoms with E-state index in [2.05, 4.69) is 16.6 Å². The van der Waals surface area contributed by atoms with E-state index in [9.17, 15) is 4.79 Å². The maximum atomic E-state index is 12.6. The van der Waals surface area contributed by atoms with Crippen LogP contribution in [0.15, 0.2) is 57.3 Å². The molecule has 6 heteroatoms. The molecule has 1 aliphatic rings. The minimum atomic E-state index is -0.111. The molecule has 1 aliphatic heterocycles. The van der Waals surface area contributed by atoms with E-state index in [4.69, 9.17) is 4.42 Å². The van der Waals surface area contributed by atoms with Crippen molar-refractivity contribution in [3.63, 3.8) is 0 Å². The van der Waals surface area contributed by atoms with E-state index < -0.39 is 0 Å². The van der Waals surface area contributed by atoms with E-state index in [0.29, 0.717) is 28.2 Å². The number of rotatable bonds is 4. The summed E-state index contributed by atoms with van der Waals surface area (Å²) in [6.07, 6.45) is 3.42. The van der Waals surface area contributed by atoms with Gasteiger partial charge in [0.2, 0.25) is 0 Å². The minimum Gasteiger partial charge on any atom is -0.462 e. The molecule has 3 heterocycles. The van der Waals surface area contributed by atoms with Gasteiger partial charge in [0.15, 0.2) is 11.0 Å². The zero-order valence-corrected chi connectivity index (χ0v) is 14.3. The Hall–Kier alpha value is -2.60. The second-order valence-electron chi connectivity index (χ2n) is 5.30. The standard InChI is InChI=1S/C18H17N3O2S/c1-4-10-21-17(22)15(11-14-9-8-13(3)23-14)24-18(21)20-16-7-5-6-12(2)19-16/h4-9,11H,1,10H2,2-3H3/b15-11+,20-18+. The van der Waals surface area contributed by atoms with Crippen molar-refractivity contribution in [2.24, 2.45) is 4.99 Å². The zero-order chi connectivity index (χ0) is 17.1. The van der Waals surface area contributed by atoms with Crippen LogP contribution in [0.5, 0.6) is 0 Å². The van der Waals surface area contributed by atoms with Crippen LogP contribution in [0.3, 0.4) is 0 Å². The molecule has 1 fully saturated rings. The summed E-state index contributed by atoms with van der Waals surface area (Å²) in [4.78, 5) is 23.7. The van der Waals surface area contributed by atoms with Gasteiger partial charge in [0.25, 0.3) is 5.91 Å². The maximum Gasteiger partial charge on any atom is 0.267 e. The van der Waals surface area contributed by atoms with Gasteiger partial charge in [-0.1, -0.05) is 12.1 Å². The fourth-order valence-corrected chi connectivity index (χ4v) is 3.21. The van der Waals surface area contributed by atoms with Crippen molar-refractivity contribution in [1.29, 1.82) is 0 Å². The molecule has 1 saturated heterocycles. The third kappa shape index (κ3) is 3.49. The summed E-state index contributed by atoms with van der Waals surface area (Å²) in [5, 5.41) is 0.590. The number of amidine groups is 1. The highest BCUT2D eigenvalue weighted by atomic mass is 32.2. The van der Waals surface area contributed by atoms with E-state index >= 15 is 0 Å². The molecule has 122 valence electrons. The number of nitrogens with zero attached hydrogens (tertiary/aromatic N) is 3. The van der Waals surface area contributed by atoms with Crippen molar-refractivity contribution < 1.29 is 9.21 Å². The van der Waals surface area contributed by atoms with E-state index in [0.717, 1.165) is 11.5 Å². The van der Waals surface area contributed by atoms with E-state index in [1.165, 1.54) is 11.8 Å². The first-order valence-corrected chi connectivity index (χ1v) is 8.29. The normalized spacial score (nSPS) is 17.9. The number of hydrogen-bond donors (Lipinski definition) is 0. The van der Waals surface area contributed by atoms with Gasteiger partial charge in [-0.05, 0) is 49.9 Å². The van der Waals surface area contributed by atoms with Crippen LogP contribution < -0.4 is 0 Å². The molecule has 2 aromatic rings. The Bertz CT molecular complexity index is 851. The molecule has 0 atom stereocenters. The second-order valence-corrected chi connectivity index (χ2v) is 6.30. The molecule has 0 aliphatic carbocycles. The van der Waals surface area contributed by atoms with Crippen LogP contribution in [0, 0.1) is 13.8 Å². The number of aromatic nitrogens is 1. The van der Waals surface area contributed by atoms with Crippen LogP contribution in [0.25, 0.3) is 6.08 Å². The molecule has 0 spiro atoms. The molecule has 24 heavy (non-hydrogen) atoms. The van der Waals surface area contributed by atoms with Crippen LogP contribution in [0.1, 0.15) is 17.2 Å². The Kier molecular flexibility index (Phi) is 4.66. The lowest BCUT2D eigenvalue weighted by Crippen LogP contribution is -2.29. The zero-order valence-electron chi connectivity index (χ0n) is 13.5. The van der Waals surface area contributed by atoms with E-state index in [-0.39, 0.29) is 5.91 Å². The third-order valence-corrected chi connectivity index (χ3v) is 4.32. The van der Waals surface area contributed by atoms with Crippen LogP contribution in [-0.4, -0.2) is 27.5 Å². The first-order valence-electron chi connectivity index (χ1n) is 7.48. The molecule has 0 unspecified atom stereocenters. The Morgan fingerprint density at radius 2 is 2.17 bits per heavy atom. The third-order valence-electron chi connectivity index (χ3n) is 3.32. The van der Waals surface area contributed by atoms with Gasteiger partial charge in [-0.25, -0.2) is 9.98 Å². The molecule has 0 bridgehead atoms. The van der Waals surface area contributed by atoms with Crippen LogP contribution >= 0.6 is 11.8 Å². The number of carbonyl (C=O) groups excluding carboxylic acids is 1. The average molecular weight is 339 g/mol. The Morgan fingerprint density at radius 3 is 2.83 bits per heavy atom. The van der Waals surface area contributed by atoms with Crippen molar-refractivity contribution in [3.8, 4) is 0 Å². The van der Waals surface area contributed by atoms with Crippen LogP contribution in [0.4, 0.5) is 5.82 Å². The van der Waals surface area contributed by atoms with Gasteiger partial charge in [0, 0.05) is 18.3 Å². The van der Waals surface area contributed by atoms with Crippen molar-refractivity contribution in [3.05, 3.63) is 65.1 Å².